The molecule has 2 aliphatic rings. The first kappa shape index (κ1) is 23.7. The molecule has 179 valence electrons. The van der Waals surface area contributed by atoms with Gasteiger partial charge in [-0.2, -0.15) is 0 Å². The van der Waals surface area contributed by atoms with Crippen molar-refractivity contribution in [1.29, 1.82) is 0 Å². The fourth-order valence-electron chi connectivity index (χ4n) is 6.92. The van der Waals surface area contributed by atoms with E-state index in [1.54, 1.807) is 0 Å². The molecule has 5 aromatic carbocycles. The van der Waals surface area contributed by atoms with Gasteiger partial charge in [-0.1, -0.05) is 0 Å². The van der Waals surface area contributed by atoms with Crippen molar-refractivity contribution in [1.82, 2.24) is 0 Å². The predicted octanol–water partition coefficient (Wildman–Crippen LogP) is 9.82. The Kier molecular flexibility index (Phi) is 6.00. The summed E-state index contributed by atoms with van der Waals surface area (Å²) in [6, 6.07) is 46.5. The van der Waals surface area contributed by atoms with Crippen LogP contribution in [0.2, 0.25) is 0 Å². The molecule has 5 aromatic rings. The van der Waals surface area contributed by atoms with Crippen molar-refractivity contribution in [3.05, 3.63) is 155 Å². The summed E-state index contributed by atoms with van der Waals surface area (Å²) in [4.78, 5) is 0. The van der Waals surface area contributed by atoms with Crippen molar-refractivity contribution in [2.24, 2.45) is 0 Å². The van der Waals surface area contributed by atoms with Gasteiger partial charge in [-0.25, -0.2) is 0 Å². The Labute approximate surface area is 233 Å². The molecule has 0 saturated carbocycles. The van der Waals surface area contributed by atoms with E-state index in [-0.39, 0.29) is 15.0 Å². The van der Waals surface area contributed by atoms with Crippen LogP contribution in [0.15, 0.2) is 127 Å². The van der Waals surface area contributed by atoms with Crippen LogP contribution in [0.25, 0.3) is 22.3 Å². The molecule has 0 bridgehead atoms. The van der Waals surface area contributed by atoms with E-state index >= 15 is 0 Å². The molecule has 0 fully saturated rings. The van der Waals surface area contributed by atoms with Crippen LogP contribution in [0.3, 0.4) is 0 Å². The summed E-state index contributed by atoms with van der Waals surface area (Å²) >= 11 is -3.28. The van der Waals surface area contributed by atoms with Gasteiger partial charge >= 0.3 is 235 Å². The molecule has 0 aromatic heterocycles. The van der Waals surface area contributed by atoms with E-state index in [1.165, 1.54) is 50.1 Å². The Morgan fingerprint density at radius 3 is 1.32 bits per heavy atom. The van der Waals surface area contributed by atoms with Crippen molar-refractivity contribution in [3.8, 4) is 22.3 Å². The maximum absolute atomic E-state index is 7.46. The summed E-state index contributed by atoms with van der Waals surface area (Å²) in [6.07, 6.45) is 0.896. The Morgan fingerprint density at radius 1 is 0.486 bits per heavy atom. The second-order valence-corrected chi connectivity index (χ2v) is 23.0. The standard InChI is InChI=1S/C34H25.2ClH.Hf/c1-2-12-23(13-3-1)32(34-30-20-10-8-16-26(30)27-17-9-11-21-31(27)34)22-33-28-18-6-4-14-24(28)25-15-5-7-19-29(25)33;;;/h1-21,33-34H,22H2;2*1H;/q;;;+2/p-2. The second kappa shape index (κ2) is 9.38. The van der Waals surface area contributed by atoms with Gasteiger partial charge in [0.05, 0.1) is 0 Å². The summed E-state index contributed by atoms with van der Waals surface area (Å²) in [6.45, 7) is 0. The maximum atomic E-state index is 7.46. The number of rotatable bonds is 5. The van der Waals surface area contributed by atoms with Gasteiger partial charge in [-0.05, 0) is 0 Å². The molecule has 0 saturated heterocycles. The number of fused-ring (bicyclic) bond motifs is 6. The van der Waals surface area contributed by atoms with Crippen molar-refractivity contribution in [2.45, 2.75) is 21.4 Å². The summed E-state index contributed by atoms with van der Waals surface area (Å²) < 4.78 is -0.340. The van der Waals surface area contributed by atoms with Crippen molar-refractivity contribution in [3.63, 3.8) is 0 Å². The van der Waals surface area contributed by atoms with Crippen molar-refractivity contribution >= 4 is 17.2 Å². The molecule has 0 amide bonds. The predicted molar refractivity (Wildman–Crippen MR) is 152 cm³/mol. The molecular formula is C34H25Cl2Hf. The SMILES string of the molecule is [Cl][Hf]([Cl])[C](CC1c2ccccc2-c2ccccc21)(c1ccccc1)C1c2ccccc2-c2ccccc21. The molecule has 0 N–H and O–H groups in total. The number of halogens is 2. The van der Waals surface area contributed by atoms with Gasteiger partial charge in [-0.3, -0.25) is 0 Å². The number of hydrogen-bond donors (Lipinski definition) is 0. The summed E-state index contributed by atoms with van der Waals surface area (Å²) in [5.74, 6) is 0.365. The first-order chi connectivity index (χ1) is 18.2. The quantitative estimate of drug-likeness (QED) is 0.162. The van der Waals surface area contributed by atoms with Gasteiger partial charge in [0.2, 0.25) is 0 Å². The average Bonchev–Trinajstić information content (AvgIpc) is 3.45. The molecule has 7 rings (SSSR count). The monoisotopic (exact) mass is 683 g/mol. The van der Waals surface area contributed by atoms with E-state index in [4.69, 9.17) is 17.2 Å². The van der Waals surface area contributed by atoms with Crippen LogP contribution in [-0.4, -0.2) is 0 Å². The van der Waals surface area contributed by atoms with E-state index in [9.17, 15) is 0 Å². The first-order valence-corrected chi connectivity index (χ1v) is 23.5. The number of hydrogen-bond acceptors (Lipinski definition) is 0. The topological polar surface area (TPSA) is 0 Å². The van der Waals surface area contributed by atoms with E-state index < -0.39 is 19.1 Å². The Balaban J connectivity index is 1.51. The molecule has 0 spiro atoms. The molecule has 1 atom stereocenters. The minimum atomic E-state index is -3.28. The van der Waals surface area contributed by atoms with E-state index in [0.717, 1.165) is 6.42 Å². The average molecular weight is 683 g/mol. The van der Waals surface area contributed by atoms with Gasteiger partial charge in [-0.15, -0.1) is 0 Å². The van der Waals surface area contributed by atoms with E-state index in [2.05, 4.69) is 127 Å². The Hall–Kier alpha value is -2.45. The van der Waals surface area contributed by atoms with E-state index in [0.29, 0.717) is 0 Å². The zero-order chi connectivity index (χ0) is 25.0. The molecular weight excluding hydrogens is 658 g/mol. The third kappa shape index (κ3) is 3.58. The zero-order valence-corrected chi connectivity index (χ0v) is 25.3. The normalized spacial score (nSPS) is 15.4. The fourth-order valence-corrected chi connectivity index (χ4v) is 16.3. The second-order valence-electron chi connectivity index (χ2n) is 10.1. The summed E-state index contributed by atoms with van der Waals surface area (Å²) in [5, 5.41) is 0. The summed E-state index contributed by atoms with van der Waals surface area (Å²) in [7, 11) is 14.9. The third-order valence-electron chi connectivity index (χ3n) is 8.44. The fraction of sp³-hybridized carbons (Fsp3) is 0.118. The van der Waals surface area contributed by atoms with Crippen LogP contribution in [0.5, 0.6) is 0 Å². The molecule has 0 heterocycles. The molecule has 3 heteroatoms. The zero-order valence-electron chi connectivity index (χ0n) is 20.2. The van der Waals surface area contributed by atoms with Crippen molar-refractivity contribution in [2.75, 3.05) is 0 Å². The van der Waals surface area contributed by atoms with E-state index in [1.807, 2.05) is 0 Å². The third-order valence-corrected chi connectivity index (χ3v) is 19.2. The van der Waals surface area contributed by atoms with Crippen LogP contribution >= 0.6 is 17.2 Å². The first-order valence-electron chi connectivity index (χ1n) is 12.8. The molecule has 37 heavy (non-hydrogen) atoms. The van der Waals surface area contributed by atoms with Crippen LogP contribution in [0.1, 0.15) is 46.1 Å². The molecule has 2 aliphatic carbocycles. The van der Waals surface area contributed by atoms with Gasteiger partial charge in [0, 0.05) is 0 Å². The molecule has 0 radical (unpaired) electrons. The minimum absolute atomic E-state index is 0.124. The van der Waals surface area contributed by atoms with Crippen LogP contribution in [0.4, 0.5) is 0 Å². The van der Waals surface area contributed by atoms with Gasteiger partial charge in [0.25, 0.3) is 0 Å². The Morgan fingerprint density at radius 2 is 0.865 bits per heavy atom. The van der Waals surface area contributed by atoms with Crippen LogP contribution in [0, 0.1) is 0 Å². The van der Waals surface area contributed by atoms with Crippen LogP contribution < -0.4 is 0 Å². The van der Waals surface area contributed by atoms with Gasteiger partial charge in [0.1, 0.15) is 0 Å². The summed E-state index contributed by atoms with van der Waals surface area (Å²) in [5.41, 5.74) is 12.1. The number of benzene rings is 5. The molecule has 0 nitrogen and oxygen atoms in total. The van der Waals surface area contributed by atoms with Gasteiger partial charge < -0.3 is 0 Å². The molecule has 1 unspecified atom stereocenters. The molecule has 0 aliphatic heterocycles. The Bertz CT molecular complexity index is 1520. The van der Waals surface area contributed by atoms with Gasteiger partial charge in [0.15, 0.2) is 0 Å². The van der Waals surface area contributed by atoms with Crippen molar-refractivity contribution < 1.29 is 19.1 Å². The van der Waals surface area contributed by atoms with Crippen LogP contribution in [-0.2, 0) is 22.2 Å².